The molecule has 8 heteroatoms. The van der Waals surface area contributed by atoms with E-state index in [9.17, 15) is 9.59 Å². The van der Waals surface area contributed by atoms with Gasteiger partial charge >= 0.3 is 6.09 Å². The van der Waals surface area contributed by atoms with E-state index in [1.165, 1.54) is 18.7 Å². The average Bonchev–Trinajstić information content (AvgIpc) is 2.33. The van der Waals surface area contributed by atoms with Crippen molar-refractivity contribution >= 4 is 23.0 Å². The van der Waals surface area contributed by atoms with E-state index < -0.39 is 11.7 Å². The van der Waals surface area contributed by atoms with Crippen molar-refractivity contribution in [2.24, 2.45) is 0 Å². The lowest BCUT2D eigenvalue weighted by Crippen LogP contribution is -2.33. The first kappa shape index (κ1) is 20.2. The van der Waals surface area contributed by atoms with Gasteiger partial charge in [0, 0.05) is 12.7 Å². The number of hydrogen-bond acceptors (Lipinski definition) is 7. The molecular formula is C13H25NO6S. The van der Waals surface area contributed by atoms with Gasteiger partial charge in [0.15, 0.2) is 5.12 Å². The summed E-state index contributed by atoms with van der Waals surface area (Å²) in [6.07, 6.45) is -0.631. The molecule has 124 valence electrons. The number of carbonyl (C=O) groups is 2. The van der Waals surface area contributed by atoms with Crippen LogP contribution in [0.5, 0.6) is 0 Å². The monoisotopic (exact) mass is 323 g/mol. The minimum Gasteiger partial charge on any atom is -0.442 e. The van der Waals surface area contributed by atoms with Gasteiger partial charge in [-0.1, -0.05) is 11.8 Å². The van der Waals surface area contributed by atoms with Crippen molar-refractivity contribution in [3.05, 3.63) is 0 Å². The van der Waals surface area contributed by atoms with E-state index >= 15 is 0 Å². The van der Waals surface area contributed by atoms with E-state index in [1.54, 1.807) is 20.8 Å². The molecule has 0 saturated carbocycles. The number of hydroxylamine groups is 1. The normalized spacial score (nSPS) is 11.2. The fraction of sp³-hybridized carbons (Fsp3) is 0.846. The van der Waals surface area contributed by atoms with E-state index in [0.29, 0.717) is 32.2 Å². The minimum atomic E-state index is -0.631. The van der Waals surface area contributed by atoms with Crippen molar-refractivity contribution in [1.29, 1.82) is 0 Å². The van der Waals surface area contributed by atoms with Gasteiger partial charge in [0.25, 0.3) is 0 Å². The smallest absolute Gasteiger partial charge is 0.431 e. The summed E-state index contributed by atoms with van der Waals surface area (Å²) in [6, 6.07) is 0. The van der Waals surface area contributed by atoms with Gasteiger partial charge in [0.2, 0.25) is 0 Å². The van der Waals surface area contributed by atoms with Gasteiger partial charge in [-0.15, -0.1) is 0 Å². The first-order chi connectivity index (χ1) is 9.81. The Morgan fingerprint density at radius 2 is 1.57 bits per heavy atom. The Hall–Kier alpha value is -0.830. The Bertz CT molecular complexity index is 306. The van der Waals surface area contributed by atoms with E-state index in [1.807, 2.05) is 0 Å². The highest BCUT2D eigenvalue weighted by molar-refractivity contribution is 8.13. The molecule has 21 heavy (non-hydrogen) atoms. The summed E-state index contributed by atoms with van der Waals surface area (Å²) in [5, 5.41) is 0.0875. The molecule has 0 bridgehead atoms. The number of thioether (sulfide) groups is 1. The standard InChI is InChI=1S/C13H25NO6S/c1-11(15)21-10-9-18-6-5-17-7-8-19-14-12(16)20-13(2,3)4/h5-10H2,1-4H3,(H,14,16). The molecule has 1 N–H and O–H groups in total. The molecule has 0 atom stereocenters. The molecule has 0 heterocycles. The van der Waals surface area contributed by atoms with Crippen LogP contribution in [-0.4, -0.2) is 55.6 Å². The zero-order valence-corrected chi connectivity index (χ0v) is 13.9. The predicted octanol–water partition coefficient (Wildman–Crippen LogP) is 1.76. The lowest BCUT2D eigenvalue weighted by Gasteiger charge is -2.19. The second kappa shape index (κ2) is 11.8. The van der Waals surface area contributed by atoms with E-state index in [-0.39, 0.29) is 11.7 Å². The van der Waals surface area contributed by atoms with Crippen molar-refractivity contribution in [3.63, 3.8) is 0 Å². The van der Waals surface area contributed by atoms with Gasteiger partial charge in [0.1, 0.15) is 5.60 Å². The third kappa shape index (κ3) is 17.1. The molecule has 0 spiro atoms. The van der Waals surface area contributed by atoms with Gasteiger partial charge in [-0.25, -0.2) is 4.79 Å². The van der Waals surface area contributed by atoms with E-state index in [4.69, 9.17) is 19.0 Å². The van der Waals surface area contributed by atoms with Crippen LogP contribution < -0.4 is 5.48 Å². The first-order valence-corrected chi connectivity index (χ1v) is 7.69. The van der Waals surface area contributed by atoms with Crippen LogP contribution in [0.2, 0.25) is 0 Å². The van der Waals surface area contributed by atoms with E-state index in [2.05, 4.69) is 5.48 Å². The molecular weight excluding hydrogens is 298 g/mol. The number of rotatable bonds is 10. The van der Waals surface area contributed by atoms with Gasteiger partial charge in [0.05, 0.1) is 33.0 Å². The molecule has 0 aromatic rings. The quantitative estimate of drug-likeness (QED) is 0.484. The maximum Gasteiger partial charge on any atom is 0.431 e. The molecule has 0 aliphatic rings. The van der Waals surface area contributed by atoms with Crippen LogP contribution in [0.4, 0.5) is 4.79 Å². The van der Waals surface area contributed by atoms with Crippen LogP contribution in [0.15, 0.2) is 0 Å². The van der Waals surface area contributed by atoms with Crippen molar-refractivity contribution in [2.45, 2.75) is 33.3 Å². The third-order valence-electron chi connectivity index (χ3n) is 1.79. The number of ether oxygens (including phenoxy) is 3. The molecule has 0 aromatic heterocycles. The highest BCUT2D eigenvalue weighted by atomic mass is 32.2. The van der Waals surface area contributed by atoms with Crippen molar-refractivity contribution in [1.82, 2.24) is 5.48 Å². The Labute approximate surface area is 130 Å². The molecule has 0 aliphatic carbocycles. The molecule has 0 rings (SSSR count). The second-order valence-electron chi connectivity index (χ2n) is 5.02. The molecule has 7 nitrogen and oxygen atoms in total. The highest BCUT2D eigenvalue weighted by Crippen LogP contribution is 2.06. The molecule has 0 saturated heterocycles. The Morgan fingerprint density at radius 1 is 1.00 bits per heavy atom. The van der Waals surface area contributed by atoms with Crippen LogP contribution in [0, 0.1) is 0 Å². The fourth-order valence-electron chi connectivity index (χ4n) is 1.08. The van der Waals surface area contributed by atoms with Gasteiger partial charge in [-0.05, 0) is 20.8 Å². The van der Waals surface area contributed by atoms with Crippen LogP contribution in [0.25, 0.3) is 0 Å². The molecule has 0 radical (unpaired) electrons. The SMILES string of the molecule is CC(=O)SCCOCCOCCONC(=O)OC(C)(C)C. The summed E-state index contributed by atoms with van der Waals surface area (Å²) < 4.78 is 15.5. The summed E-state index contributed by atoms with van der Waals surface area (Å²) in [5.74, 6) is 0.651. The lowest BCUT2D eigenvalue weighted by atomic mass is 10.2. The molecule has 1 amide bonds. The molecule has 0 aromatic carbocycles. The third-order valence-corrected chi connectivity index (χ3v) is 2.57. The summed E-state index contributed by atoms with van der Waals surface area (Å²) in [7, 11) is 0. The van der Waals surface area contributed by atoms with Gasteiger partial charge < -0.3 is 14.2 Å². The number of amides is 1. The van der Waals surface area contributed by atoms with Crippen molar-refractivity contribution < 1.29 is 28.6 Å². The van der Waals surface area contributed by atoms with Crippen LogP contribution in [-0.2, 0) is 23.8 Å². The minimum absolute atomic E-state index is 0.0875. The topological polar surface area (TPSA) is 83.1 Å². The van der Waals surface area contributed by atoms with Crippen LogP contribution in [0.3, 0.4) is 0 Å². The number of hydrogen-bond donors (Lipinski definition) is 1. The number of carbonyl (C=O) groups excluding carboxylic acids is 2. The molecule has 0 fully saturated rings. The van der Waals surface area contributed by atoms with Crippen molar-refractivity contribution in [3.8, 4) is 0 Å². The predicted molar refractivity (Wildman–Crippen MR) is 80.1 cm³/mol. The lowest BCUT2D eigenvalue weighted by molar-refractivity contribution is -0.109. The fourth-order valence-corrected chi connectivity index (χ4v) is 1.56. The van der Waals surface area contributed by atoms with Gasteiger partial charge in [-0.2, -0.15) is 5.48 Å². The summed E-state index contributed by atoms with van der Waals surface area (Å²) >= 11 is 1.24. The van der Waals surface area contributed by atoms with Crippen LogP contribution >= 0.6 is 11.8 Å². The molecule has 0 unspecified atom stereocenters. The highest BCUT2D eigenvalue weighted by Gasteiger charge is 2.15. The zero-order valence-electron chi connectivity index (χ0n) is 13.1. The van der Waals surface area contributed by atoms with Crippen molar-refractivity contribution in [2.75, 3.05) is 38.8 Å². The average molecular weight is 323 g/mol. The largest absolute Gasteiger partial charge is 0.442 e. The maximum atomic E-state index is 11.2. The maximum absolute atomic E-state index is 11.2. The molecule has 0 aliphatic heterocycles. The second-order valence-corrected chi connectivity index (χ2v) is 6.29. The number of nitrogens with one attached hydrogen (secondary N) is 1. The summed E-state index contributed by atoms with van der Waals surface area (Å²) in [4.78, 5) is 26.7. The Balaban J connectivity index is 3.22. The van der Waals surface area contributed by atoms with Crippen LogP contribution in [0.1, 0.15) is 27.7 Å². The van der Waals surface area contributed by atoms with Gasteiger partial charge in [-0.3, -0.25) is 9.63 Å². The Morgan fingerprint density at radius 3 is 2.14 bits per heavy atom. The summed E-state index contributed by atoms with van der Waals surface area (Å²) in [5.41, 5.74) is 1.61. The zero-order chi connectivity index (χ0) is 16.1. The first-order valence-electron chi connectivity index (χ1n) is 6.71. The summed E-state index contributed by atoms with van der Waals surface area (Å²) in [6.45, 7) is 8.79. The Kier molecular flexibility index (Phi) is 11.3. The van der Waals surface area contributed by atoms with E-state index in [0.717, 1.165) is 0 Å².